The van der Waals surface area contributed by atoms with Gasteiger partial charge in [0.15, 0.2) is 5.56 Å². The van der Waals surface area contributed by atoms with Crippen LogP contribution in [-0.2, 0) is 12.8 Å². The van der Waals surface area contributed by atoms with Crippen LogP contribution in [0, 0.1) is 0 Å². The second-order valence-electron chi connectivity index (χ2n) is 6.34. The lowest BCUT2D eigenvalue weighted by Gasteiger charge is -2.20. The SMILES string of the molecule is CCCNc1ccc2c(c1)CCCCc1c-2[nH]c(=O)c(C(=O)O)c1O. The van der Waals surface area contributed by atoms with Gasteiger partial charge in [0, 0.05) is 23.4 Å². The molecule has 0 fully saturated rings. The lowest BCUT2D eigenvalue weighted by molar-refractivity contribution is 0.0691. The van der Waals surface area contributed by atoms with Crippen molar-refractivity contribution in [2.24, 2.45) is 0 Å². The van der Waals surface area contributed by atoms with Crippen molar-refractivity contribution < 1.29 is 15.0 Å². The van der Waals surface area contributed by atoms with E-state index in [-0.39, 0.29) is 0 Å². The molecule has 0 saturated carbocycles. The molecule has 132 valence electrons. The minimum absolute atomic E-state index is 0.410. The number of carboxylic acid groups (broad SMARTS) is 1. The van der Waals surface area contributed by atoms with Crippen molar-refractivity contribution in [3.63, 3.8) is 0 Å². The summed E-state index contributed by atoms with van der Waals surface area (Å²) in [5.74, 6) is -1.82. The maximum Gasteiger partial charge on any atom is 0.345 e. The summed E-state index contributed by atoms with van der Waals surface area (Å²) >= 11 is 0. The molecule has 0 aliphatic heterocycles. The number of carbonyl (C=O) groups is 1. The first-order chi connectivity index (χ1) is 12.0. The number of benzene rings is 1. The van der Waals surface area contributed by atoms with Gasteiger partial charge in [0.2, 0.25) is 0 Å². The highest BCUT2D eigenvalue weighted by Crippen LogP contribution is 2.36. The average Bonchev–Trinajstić information content (AvgIpc) is 2.56. The van der Waals surface area contributed by atoms with E-state index in [9.17, 15) is 19.8 Å². The third kappa shape index (κ3) is 3.24. The summed E-state index contributed by atoms with van der Waals surface area (Å²) in [4.78, 5) is 26.1. The Morgan fingerprint density at radius 2 is 2.04 bits per heavy atom. The highest BCUT2D eigenvalue weighted by molar-refractivity contribution is 5.92. The van der Waals surface area contributed by atoms with Gasteiger partial charge in [0.25, 0.3) is 5.56 Å². The van der Waals surface area contributed by atoms with Gasteiger partial charge in [0.05, 0.1) is 5.69 Å². The van der Waals surface area contributed by atoms with Crippen LogP contribution in [0.1, 0.15) is 47.7 Å². The molecule has 25 heavy (non-hydrogen) atoms. The number of aryl methyl sites for hydroxylation is 1. The first-order valence-electron chi connectivity index (χ1n) is 8.61. The van der Waals surface area contributed by atoms with Crippen molar-refractivity contribution in [1.82, 2.24) is 4.98 Å². The van der Waals surface area contributed by atoms with Gasteiger partial charge in [-0.2, -0.15) is 0 Å². The Morgan fingerprint density at radius 3 is 2.76 bits per heavy atom. The third-order valence-electron chi connectivity index (χ3n) is 4.58. The highest BCUT2D eigenvalue weighted by atomic mass is 16.4. The lowest BCUT2D eigenvalue weighted by atomic mass is 9.89. The van der Waals surface area contributed by atoms with E-state index in [1.807, 2.05) is 12.1 Å². The summed E-state index contributed by atoms with van der Waals surface area (Å²) in [5, 5.41) is 22.9. The molecular weight excluding hydrogens is 320 g/mol. The van der Waals surface area contributed by atoms with Crippen LogP contribution in [0.4, 0.5) is 5.69 Å². The Hall–Kier alpha value is -2.76. The van der Waals surface area contributed by atoms with Crippen LogP contribution < -0.4 is 10.9 Å². The van der Waals surface area contributed by atoms with Crippen molar-refractivity contribution in [2.75, 3.05) is 11.9 Å². The van der Waals surface area contributed by atoms with Crippen LogP contribution in [0.2, 0.25) is 0 Å². The van der Waals surface area contributed by atoms with Gasteiger partial charge < -0.3 is 20.5 Å². The molecule has 0 saturated heterocycles. The van der Waals surface area contributed by atoms with E-state index in [1.54, 1.807) is 0 Å². The molecule has 2 aromatic rings. The summed E-state index contributed by atoms with van der Waals surface area (Å²) in [7, 11) is 0. The van der Waals surface area contributed by atoms with E-state index in [1.165, 1.54) is 0 Å². The van der Waals surface area contributed by atoms with E-state index in [4.69, 9.17) is 0 Å². The molecule has 0 radical (unpaired) electrons. The minimum Gasteiger partial charge on any atom is -0.506 e. The Bertz CT molecular complexity index is 870. The second kappa shape index (κ2) is 7.01. The zero-order valence-corrected chi connectivity index (χ0v) is 14.2. The number of carboxylic acids is 1. The van der Waals surface area contributed by atoms with Crippen LogP contribution in [0.25, 0.3) is 11.3 Å². The molecule has 6 nitrogen and oxygen atoms in total. The number of aromatic amines is 1. The molecule has 0 bridgehead atoms. The van der Waals surface area contributed by atoms with Crippen LogP contribution in [-0.4, -0.2) is 27.7 Å². The molecule has 1 aromatic carbocycles. The first kappa shape index (κ1) is 17.1. The number of nitrogens with one attached hydrogen (secondary N) is 2. The van der Waals surface area contributed by atoms with Gasteiger partial charge in [-0.15, -0.1) is 0 Å². The van der Waals surface area contributed by atoms with Crippen molar-refractivity contribution in [2.45, 2.75) is 39.0 Å². The van der Waals surface area contributed by atoms with Crippen LogP contribution in [0.15, 0.2) is 23.0 Å². The summed E-state index contributed by atoms with van der Waals surface area (Å²) in [6.07, 6.45) is 4.19. The Kier molecular flexibility index (Phi) is 4.79. The van der Waals surface area contributed by atoms with E-state index >= 15 is 0 Å². The average molecular weight is 342 g/mol. The van der Waals surface area contributed by atoms with E-state index in [0.717, 1.165) is 49.0 Å². The number of hydrogen-bond acceptors (Lipinski definition) is 4. The Morgan fingerprint density at radius 1 is 1.28 bits per heavy atom. The van der Waals surface area contributed by atoms with Gasteiger partial charge in [-0.3, -0.25) is 4.79 Å². The molecule has 6 heteroatoms. The monoisotopic (exact) mass is 342 g/mol. The predicted molar refractivity (Wildman–Crippen MR) is 96.5 cm³/mol. The van der Waals surface area contributed by atoms with Crippen LogP contribution >= 0.6 is 0 Å². The van der Waals surface area contributed by atoms with Gasteiger partial charge in [-0.05, 0) is 49.8 Å². The largest absolute Gasteiger partial charge is 0.506 e. The molecule has 0 unspecified atom stereocenters. The van der Waals surface area contributed by atoms with E-state index < -0.39 is 22.8 Å². The maximum atomic E-state index is 12.2. The smallest absolute Gasteiger partial charge is 0.345 e. The van der Waals surface area contributed by atoms with Gasteiger partial charge >= 0.3 is 5.97 Å². The Balaban J connectivity index is 2.17. The van der Waals surface area contributed by atoms with Crippen LogP contribution in [0.5, 0.6) is 5.75 Å². The maximum absolute atomic E-state index is 12.2. The second-order valence-corrected chi connectivity index (χ2v) is 6.34. The lowest BCUT2D eigenvalue weighted by Crippen LogP contribution is -2.21. The quantitative estimate of drug-likeness (QED) is 0.683. The van der Waals surface area contributed by atoms with Crippen molar-refractivity contribution in [1.29, 1.82) is 0 Å². The zero-order chi connectivity index (χ0) is 18.0. The van der Waals surface area contributed by atoms with Gasteiger partial charge in [0.1, 0.15) is 5.75 Å². The molecule has 0 atom stereocenters. The standard InChI is InChI=1S/C19H22N2O4/c1-2-9-20-12-7-8-13-11(10-12)5-3-4-6-14-16(13)21-18(23)15(17(14)22)19(24)25/h7-8,10,20H,2-6,9H2,1H3,(H,24,25)(H2,21,22,23). The van der Waals surface area contributed by atoms with E-state index in [0.29, 0.717) is 17.7 Å². The summed E-state index contributed by atoms with van der Waals surface area (Å²) in [5.41, 5.74) is 2.64. The molecule has 1 aliphatic carbocycles. The normalized spacial score (nSPS) is 13.3. The molecule has 1 heterocycles. The molecular formula is C19H22N2O4. The van der Waals surface area contributed by atoms with Crippen molar-refractivity contribution >= 4 is 11.7 Å². The van der Waals surface area contributed by atoms with Crippen LogP contribution in [0.3, 0.4) is 0 Å². The van der Waals surface area contributed by atoms with Gasteiger partial charge in [-0.1, -0.05) is 13.0 Å². The fourth-order valence-electron chi connectivity index (χ4n) is 3.34. The number of aromatic nitrogens is 1. The first-order valence-corrected chi connectivity index (χ1v) is 8.61. The molecule has 0 amide bonds. The topological polar surface area (TPSA) is 102 Å². The highest BCUT2D eigenvalue weighted by Gasteiger charge is 2.24. The predicted octanol–water partition coefficient (Wildman–Crippen LogP) is 3.15. The van der Waals surface area contributed by atoms with Crippen molar-refractivity contribution in [3.05, 3.63) is 45.2 Å². The fourth-order valence-corrected chi connectivity index (χ4v) is 3.34. The summed E-state index contributed by atoms with van der Waals surface area (Å²) in [6.45, 7) is 2.99. The molecule has 1 aliphatic rings. The molecule has 1 aromatic heterocycles. The molecule has 3 rings (SSSR count). The number of hydrogen-bond donors (Lipinski definition) is 4. The number of anilines is 1. The number of pyridine rings is 1. The number of aromatic carboxylic acids is 1. The number of H-pyrrole nitrogens is 1. The fraction of sp³-hybridized carbons (Fsp3) is 0.368. The number of aromatic hydroxyl groups is 1. The third-order valence-corrected chi connectivity index (χ3v) is 4.58. The minimum atomic E-state index is -1.41. The summed E-state index contributed by atoms with van der Waals surface area (Å²) in [6, 6.07) is 5.94. The number of fused-ring (bicyclic) bond motifs is 3. The van der Waals surface area contributed by atoms with Crippen molar-refractivity contribution in [3.8, 4) is 17.0 Å². The molecule has 0 spiro atoms. The van der Waals surface area contributed by atoms with E-state index in [2.05, 4.69) is 23.3 Å². The van der Waals surface area contributed by atoms with Gasteiger partial charge in [-0.25, -0.2) is 4.79 Å². The summed E-state index contributed by atoms with van der Waals surface area (Å²) < 4.78 is 0. The molecule has 4 N–H and O–H groups in total. The zero-order valence-electron chi connectivity index (χ0n) is 14.2. The number of rotatable bonds is 4. The Labute approximate surface area is 145 Å².